The molecule has 0 spiro atoms. The van der Waals surface area contributed by atoms with Crippen LogP contribution in [0.5, 0.6) is 5.88 Å². The first-order valence-corrected chi connectivity index (χ1v) is 6.08. The maximum absolute atomic E-state index is 5.58. The van der Waals surface area contributed by atoms with E-state index in [-0.39, 0.29) is 0 Å². The third kappa shape index (κ3) is 5.15. The lowest BCUT2D eigenvalue weighted by Crippen LogP contribution is -2.20. The third-order valence-corrected chi connectivity index (χ3v) is 2.52. The summed E-state index contributed by atoms with van der Waals surface area (Å²) < 4.78 is 5.58. The second kappa shape index (κ2) is 7.25. The van der Waals surface area contributed by atoms with E-state index in [0.29, 0.717) is 12.5 Å². The minimum atomic E-state index is 0.673. The fraction of sp³-hybridized carbons (Fsp3) is 0.615. The van der Waals surface area contributed by atoms with Crippen LogP contribution in [0.3, 0.4) is 0 Å². The molecule has 0 aliphatic heterocycles. The van der Waals surface area contributed by atoms with E-state index in [1.807, 2.05) is 27.1 Å². The number of hydrogen-bond donors (Lipinski definition) is 1. The molecule has 0 atom stereocenters. The molecule has 0 fully saturated rings. The first-order valence-electron chi connectivity index (χ1n) is 6.08. The van der Waals surface area contributed by atoms with Gasteiger partial charge in [0.15, 0.2) is 0 Å². The van der Waals surface area contributed by atoms with Gasteiger partial charge >= 0.3 is 0 Å². The molecule has 1 aromatic rings. The van der Waals surface area contributed by atoms with Gasteiger partial charge < -0.3 is 15.0 Å². The number of rotatable bonds is 7. The summed E-state index contributed by atoms with van der Waals surface area (Å²) in [5, 5.41) is 3.30. The van der Waals surface area contributed by atoms with Crippen LogP contribution in [0.25, 0.3) is 0 Å². The van der Waals surface area contributed by atoms with E-state index >= 15 is 0 Å². The second-order valence-electron chi connectivity index (χ2n) is 4.33. The molecule has 0 saturated heterocycles. The van der Waals surface area contributed by atoms with Gasteiger partial charge in [-0.2, -0.15) is 0 Å². The van der Waals surface area contributed by atoms with Crippen LogP contribution >= 0.6 is 0 Å². The Balaban J connectivity index is 2.50. The largest absolute Gasteiger partial charge is 0.476 e. The summed E-state index contributed by atoms with van der Waals surface area (Å²) in [5.41, 5.74) is 2.26. The van der Waals surface area contributed by atoms with Crippen molar-refractivity contribution in [1.82, 2.24) is 15.2 Å². The molecule has 0 amide bonds. The molecule has 0 aliphatic carbocycles. The number of pyridine rings is 1. The van der Waals surface area contributed by atoms with Gasteiger partial charge in [0.05, 0.1) is 0 Å². The summed E-state index contributed by atoms with van der Waals surface area (Å²) in [7, 11) is 4.06. The van der Waals surface area contributed by atoms with Crippen LogP contribution in [-0.2, 0) is 6.54 Å². The molecule has 0 saturated carbocycles. The van der Waals surface area contributed by atoms with Crippen molar-refractivity contribution in [2.24, 2.45) is 0 Å². The lowest BCUT2D eigenvalue weighted by molar-refractivity contribution is 0.253. The fourth-order valence-electron chi connectivity index (χ4n) is 1.43. The molecule has 0 aromatic carbocycles. The average molecular weight is 237 g/mol. The van der Waals surface area contributed by atoms with E-state index in [4.69, 9.17) is 4.74 Å². The number of aromatic nitrogens is 1. The van der Waals surface area contributed by atoms with Crippen LogP contribution in [0.1, 0.15) is 18.2 Å². The normalized spacial score (nSPS) is 10.9. The van der Waals surface area contributed by atoms with Crippen molar-refractivity contribution < 1.29 is 4.74 Å². The lowest BCUT2D eigenvalue weighted by Gasteiger charge is -2.12. The Kier molecular flexibility index (Phi) is 5.94. The van der Waals surface area contributed by atoms with Crippen molar-refractivity contribution in [2.75, 3.05) is 33.8 Å². The Morgan fingerprint density at radius 1 is 1.35 bits per heavy atom. The third-order valence-electron chi connectivity index (χ3n) is 2.52. The number of aryl methyl sites for hydroxylation is 1. The number of ether oxygens (including phenoxy) is 1. The smallest absolute Gasteiger partial charge is 0.213 e. The summed E-state index contributed by atoms with van der Waals surface area (Å²) >= 11 is 0. The van der Waals surface area contributed by atoms with Crippen molar-refractivity contribution >= 4 is 0 Å². The Morgan fingerprint density at radius 3 is 2.71 bits per heavy atom. The van der Waals surface area contributed by atoms with E-state index in [2.05, 4.69) is 28.2 Å². The first-order chi connectivity index (χ1) is 8.13. The second-order valence-corrected chi connectivity index (χ2v) is 4.33. The fourth-order valence-corrected chi connectivity index (χ4v) is 1.43. The van der Waals surface area contributed by atoms with Gasteiger partial charge in [-0.1, -0.05) is 13.0 Å². The van der Waals surface area contributed by atoms with Crippen molar-refractivity contribution in [2.45, 2.75) is 20.4 Å². The maximum Gasteiger partial charge on any atom is 0.213 e. The van der Waals surface area contributed by atoms with Crippen LogP contribution in [0.15, 0.2) is 12.1 Å². The molecule has 1 heterocycles. The topological polar surface area (TPSA) is 37.4 Å². The average Bonchev–Trinajstić information content (AvgIpc) is 2.27. The van der Waals surface area contributed by atoms with Crippen LogP contribution < -0.4 is 10.1 Å². The predicted octanol–water partition coefficient (Wildman–Crippen LogP) is 1.44. The van der Waals surface area contributed by atoms with E-state index in [1.54, 1.807) is 0 Å². The Bertz CT molecular complexity index is 339. The standard InChI is InChI=1S/C13H23N3O/c1-5-14-10-12-6-7-13(15-11(12)2)17-9-8-16(3)4/h6-7,14H,5,8-10H2,1-4H3. The predicted molar refractivity (Wildman–Crippen MR) is 70.4 cm³/mol. The Hall–Kier alpha value is -1.13. The van der Waals surface area contributed by atoms with Crippen molar-refractivity contribution in [3.8, 4) is 5.88 Å². The van der Waals surface area contributed by atoms with Gasteiger partial charge in [0.25, 0.3) is 0 Å². The zero-order chi connectivity index (χ0) is 12.7. The first kappa shape index (κ1) is 13.9. The molecule has 4 heteroatoms. The Morgan fingerprint density at radius 2 is 2.12 bits per heavy atom. The molecule has 4 nitrogen and oxygen atoms in total. The summed E-state index contributed by atoms with van der Waals surface area (Å²) in [5.74, 6) is 0.713. The zero-order valence-corrected chi connectivity index (χ0v) is 11.3. The number of nitrogens with one attached hydrogen (secondary N) is 1. The number of likely N-dealkylation sites (N-methyl/N-ethyl adjacent to an activating group) is 1. The van der Waals surface area contributed by atoms with Gasteiger partial charge in [0.2, 0.25) is 5.88 Å². The van der Waals surface area contributed by atoms with Gasteiger partial charge in [-0.3, -0.25) is 0 Å². The maximum atomic E-state index is 5.58. The minimum Gasteiger partial charge on any atom is -0.476 e. The van der Waals surface area contributed by atoms with Crippen LogP contribution in [-0.4, -0.2) is 43.7 Å². The van der Waals surface area contributed by atoms with Crippen LogP contribution in [0.4, 0.5) is 0 Å². The lowest BCUT2D eigenvalue weighted by atomic mass is 10.2. The van der Waals surface area contributed by atoms with E-state index in [0.717, 1.165) is 25.3 Å². The van der Waals surface area contributed by atoms with Gasteiger partial charge in [0.1, 0.15) is 6.61 Å². The molecule has 0 bridgehead atoms. The highest BCUT2D eigenvalue weighted by Crippen LogP contribution is 2.12. The van der Waals surface area contributed by atoms with Crippen molar-refractivity contribution in [3.63, 3.8) is 0 Å². The molecule has 0 radical (unpaired) electrons. The number of nitrogens with zero attached hydrogens (tertiary/aromatic N) is 2. The Labute approximate surface area is 104 Å². The number of hydrogen-bond acceptors (Lipinski definition) is 4. The van der Waals surface area contributed by atoms with Gasteiger partial charge in [-0.25, -0.2) is 4.98 Å². The van der Waals surface area contributed by atoms with Crippen molar-refractivity contribution in [1.29, 1.82) is 0 Å². The van der Waals surface area contributed by atoms with Crippen LogP contribution in [0, 0.1) is 6.92 Å². The highest BCUT2D eigenvalue weighted by atomic mass is 16.5. The van der Waals surface area contributed by atoms with E-state index in [1.165, 1.54) is 5.56 Å². The molecule has 0 unspecified atom stereocenters. The van der Waals surface area contributed by atoms with E-state index in [9.17, 15) is 0 Å². The van der Waals surface area contributed by atoms with Crippen LogP contribution in [0.2, 0.25) is 0 Å². The van der Waals surface area contributed by atoms with E-state index < -0.39 is 0 Å². The SMILES string of the molecule is CCNCc1ccc(OCCN(C)C)nc1C. The molecule has 1 aromatic heterocycles. The zero-order valence-electron chi connectivity index (χ0n) is 11.3. The molecule has 1 rings (SSSR count). The van der Waals surface area contributed by atoms with Gasteiger partial charge in [-0.05, 0) is 33.1 Å². The quantitative estimate of drug-likeness (QED) is 0.778. The van der Waals surface area contributed by atoms with Crippen molar-refractivity contribution in [3.05, 3.63) is 23.4 Å². The van der Waals surface area contributed by atoms with Gasteiger partial charge in [0, 0.05) is 24.8 Å². The summed E-state index contributed by atoms with van der Waals surface area (Å²) in [6, 6.07) is 4.02. The molecule has 1 N–H and O–H groups in total. The highest BCUT2D eigenvalue weighted by Gasteiger charge is 2.02. The molecule has 0 aliphatic rings. The summed E-state index contributed by atoms with van der Waals surface area (Å²) in [4.78, 5) is 6.53. The summed E-state index contributed by atoms with van der Waals surface area (Å²) in [6.07, 6.45) is 0. The highest BCUT2D eigenvalue weighted by molar-refractivity contribution is 5.24. The monoisotopic (exact) mass is 237 g/mol. The molecular weight excluding hydrogens is 214 g/mol. The van der Waals surface area contributed by atoms with Gasteiger partial charge in [-0.15, -0.1) is 0 Å². The minimum absolute atomic E-state index is 0.673. The molecule has 96 valence electrons. The summed E-state index contributed by atoms with van der Waals surface area (Å²) in [6.45, 7) is 7.53. The molecule has 17 heavy (non-hydrogen) atoms. The molecular formula is C13H23N3O.